The number of likely N-dealkylation sites (tertiary alicyclic amines) is 1. The van der Waals surface area contributed by atoms with E-state index in [0.29, 0.717) is 29.3 Å². The second-order valence-electron chi connectivity index (χ2n) is 7.00. The van der Waals surface area contributed by atoms with Gasteiger partial charge in [0.15, 0.2) is 0 Å². The molecule has 0 spiro atoms. The fourth-order valence-corrected chi connectivity index (χ4v) is 3.98. The maximum absolute atomic E-state index is 13.0. The van der Waals surface area contributed by atoms with E-state index in [2.05, 4.69) is 17.6 Å². The highest BCUT2D eigenvalue weighted by Gasteiger charge is 2.37. The van der Waals surface area contributed by atoms with Crippen molar-refractivity contribution in [2.45, 2.75) is 50.7 Å². The lowest BCUT2D eigenvalue weighted by Crippen LogP contribution is -2.56. The molecule has 0 aromatic heterocycles. The number of nitrogens with zero attached hydrogens (tertiary/aromatic N) is 1. The van der Waals surface area contributed by atoms with E-state index in [-0.39, 0.29) is 23.9 Å². The molecule has 0 bridgehead atoms. The van der Waals surface area contributed by atoms with Crippen LogP contribution in [0.4, 0.5) is 0 Å². The predicted molar refractivity (Wildman–Crippen MR) is 101 cm³/mol. The van der Waals surface area contributed by atoms with Gasteiger partial charge in [-0.15, -0.1) is 0 Å². The highest BCUT2D eigenvalue weighted by Crippen LogP contribution is 2.28. The third-order valence-electron chi connectivity index (χ3n) is 5.30. The molecule has 142 valence electrons. The Morgan fingerprint density at radius 2 is 2.12 bits per heavy atom. The molecule has 3 atom stereocenters. The lowest BCUT2D eigenvalue weighted by molar-refractivity contribution is -0.125. The fraction of sp³-hybridized carbons (Fsp3) is 0.579. The number of carbonyl (C=O) groups is 2. The summed E-state index contributed by atoms with van der Waals surface area (Å²) < 4.78 is 5.30. The second-order valence-corrected chi connectivity index (χ2v) is 7.44. The number of benzene rings is 1. The number of halogens is 1. The van der Waals surface area contributed by atoms with Crippen molar-refractivity contribution in [2.75, 3.05) is 20.2 Å². The van der Waals surface area contributed by atoms with Crippen molar-refractivity contribution in [2.24, 2.45) is 0 Å². The van der Waals surface area contributed by atoms with E-state index in [9.17, 15) is 9.59 Å². The number of amides is 2. The molecule has 2 saturated heterocycles. The topological polar surface area (TPSA) is 70.7 Å². The Morgan fingerprint density at radius 3 is 2.85 bits per heavy atom. The van der Waals surface area contributed by atoms with Gasteiger partial charge in [0.05, 0.1) is 12.7 Å². The van der Waals surface area contributed by atoms with Gasteiger partial charge >= 0.3 is 0 Å². The zero-order valence-electron chi connectivity index (χ0n) is 15.3. The highest BCUT2D eigenvalue weighted by molar-refractivity contribution is 6.31. The van der Waals surface area contributed by atoms with Crippen LogP contribution in [0.5, 0.6) is 5.75 Å². The molecular formula is C19H26ClN3O3. The number of methoxy groups -OCH3 is 1. The smallest absolute Gasteiger partial charge is 0.258 e. The van der Waals surface area contributed by atoms with Gasteiger partial charge in [0.2, 0.25) is 5.91 Å². The van der Waals surface area contributed by atoms with Crippen LogP contribution in [0.3, 0.4) is 0 Å². The van der Waals surface area contributed by atoms with Gasteiger partial charge in [0.25, 0.3) is 5.91 Å². The van der Waals surface area contributed by atoms with Crippen molar-refractivity contribution in [3.05, 3.63) is 28.8 Å². The Hall–Kier alpha value is -1.79. The van der Waals surface area contributed by atoms with Crippen LogP contribution >= 0.6 is 11.6 Å². The van der Waals surface area contributed by atoms with Crippen LogP contribution in [0.15, 0.2) is 18.2 Å². The summed E-state index contributed by atoms with van der Waals surface area (Å²) in [5.41, 5.74) is 0.396. The summed E-state index contributed by atoms with van der Waals surface area (Å²) in [6, 6.07) is 4.86. The number of nitrogens with one attached hydrogen (secondary N) is 2. The van der Waals surface area contributed by atoms with Gasteiger partial charge in [-0.05, 0) is 57.4 Å². The van der Waals surface area contributed by atoms with E-state index in [4.69, 9.17) is 16.3 Å². The molecule has 2 amide bonds. The molecule has 2 aliphatic rings. The highest BCUT2D eigenvalue weighted by atomic mass is 35.5. The molecule has 0 aliphatic carbocycles. The molecule has 7 heteroatoms. The van der Waals surface area contributed by atoms with Gasteiger partial charge in [-0.25, -0.2) is 0 Å². The average Bonchev–Trinajstić information content (AvgIpc) is 3.13. The summed E-state index contributed by atoms with van der Waals surface area (Å²) in [6.45, 7) is 3.62. The molecule has 2 N–H and O–H groups in total. The average molecular weight is 380 g/mol. The van der Waals surface area contributed by atoms with Crippen LogP contribution in [0, 0.1) is 0 Å². The second kappa shape index (κ2) is 8.27. The Bertz CT molecular complexity index is 682. The Balaban J connectivity index is 1.74. The SMILES string of the molecule is COc1ccc(Cl)cc1C(=O)N1CCCC1C(=O)NC1CCCNC1C. The largest absolute Gasteiger partial charge is 0.496 e. The van der Waals surface area contributed by atoms with E-state index in [0.717, 1.165) is 25.8 Å². The Labute approximate surface area is 159 Å². The molecule has 3 rings (SSSR count). The molecule has 1 aromatic rings. The minimum absolute atomic E-state index is 0.0719. The molecule has 2 fully saturated rings. The van der Waals surface area contributed by atoms with Crippen molar-refractivity contribution >= 4 is 23.4 Å². The maximum atomic E-state index is 13.0. The summed E-state index contributed by atoms with van der Waals surface area (Å²) >= 11 is 6.06. The predicted octanol–water partition coefficient (Wildman–Crippen LogP) is 2.21. The quantitative estimate of drug-likeness (QED) is 0.841. The van der Waals surface area contributed by atoms with E-state index < -0.39 is 6.04 Å². The molecule has 1 aromatic carbocycles. The van der Waals surface area contributed by atoms with E-state index >= 15 is 0 Å². The zero-order valence-corrected chi connectivity index (χ0v) is 16.0. The molecule has 0 saturated carbocycles. The molecule has 2 heterocycles. The summed E-state index contributed by atoms with van der Waals surface area (Å²) in [5, 5.41) is 6.99. The molecule has 26 heavy (non-hydrogen) atoms. The summed E-state index contributed by atoms with van der Waals surface area (Å²) in [4.78, 5) is 27.5. The van der Waals surface area contributed by atoms with Gasteiger partial charge in [-0.2, -0.15) is 0 Å². The van der Waals surface area contributed by atoms with E-state index in [1.807, 2.05) is 0 Å². The van der Waals surface area contributed by atoms with Crippen LogP contribution in [0.2, 0.25) is 5.02 Å². The van der Waals surface area contributed by atoms with E-state index in [1.165, 1.54) is 7.11 Å². The van der Waals surface area contributed by atoms with Crippen molar-refractivity contribution < 1.29 is 14.3 Å². The minimum Gasteiger partial charge on any atom is -0.496 e. The first-order valence-corrected chi connectivity index (χ1v) is 9.57. The number of ether oxygens (including phenoxy) is 1. The zero-order chi connectivity index (χ0) is 18.7. The summed E-state index contributed by atoms with van der Waals surface area (Å²) in [7, 11) is 1.52. The van der Waals surface area contributed by atoms with Crippen LogP contribution in [-0.4, -0.2) is 55.0 Å². The molecule has 3 unspecified atom stereocenters. The Kier molecular flexibility index (Phi) is 6.04. The minimum atomic E-state index is -0.444. The normalized spacial score (nSPS) is 25.8. The van der Waals surface area contributed by atoms with Crippen LogP contribution in [0.1, 0.15) is 43.0 Å². The van der Waals surface area contributed by atoms with Crippen LogP contribution in [-0.2, 0) is 4.79 Å². The lowest BCUT2D eigenvalue weighted by Gasteiger charge is -2.33. The van der Waals surface area contributed by atoms with Crippen LogP contribution < -0.4 is 15.4 Å². The third-order valence-corrected chi connectivity index (χ3v) is 5.53. The Morgan fingerprint density at radius 1 is 1.31 bits per heavy atom. The first-order valence-electron chi connectivity index (χ1n) is 9.19. The maximum Gasteiger partial charge on any atom is 0.258 e. The van der Waals surface area contributed by atoms with Crippen molar-refractivity contribution in [3.8, 4) is 5.75 Å². The van der Waals surface area contributed by atoms with Gasteiger partial charge in [-0.3, -0.25) is 9.59 Å². The number of rotatable bonds is 4. The lowest BCUT2D eigenvalue weighted by atomic mass is 9.99. The first-order chi connectivity index (χ1) is 12.5. The molecular weight excluding hydrogens is 354 g/mol. The van der Waals surface area contributed by atoms with Gasteiger partial charge in [0, 0.05) is 23.7 Å². The third kappa shape index (κ3) is 3.96. The number of piperidine rings is 1. The number of hydrogen-bond acceptors (Lipinski definition) is 4. The fourth-order valence-electron chi connectivity index (χ4n) is 3.80. The number of carbonyl (C=O) groups excluding carboxylic acids is 2. The van der Waals surface area contributed by atoms with Crippen molar-refractivity contribution in [3.63, 3.8) is 0 Å². The summed E-state index contributed by atoms with van der Waals surface area (Å²) in [6.07, 6.45) is 3.49. The molecule has 2 aliphatic heterocycles. The standard InChI is InChI=1S/C19H26ClN3O3/c1-12-15(5-3-9-21-12)22-18(24)16-6-4-10-23(16)19(25)14-11-13(20)7-8-17(14)26-2/h7-8,11-12,15-16,21H,3-6,9-10H2,1-2H3,(H,22,24). The van der Waals surface area contributed by atoms with Gasteiger partial charge in [-0.1, -0.05) is 11.6 Å². The number of hydrogen-bond donors (Lipinski definition) is 2. The van der Waals surface area contributed by atoms with E-state index in [1.54, 1.807) is 23.1 Å². The molecule has 0 radical (unpaired) electrons. The van der Waals surface area contributed by atoms with Gasteiger partial charge in [0.1, 0.15) is 11.8 Å². The van der Waals surface area contributed by atoms with Crippen LogP contribution in [0.25, 0.3) is 0 Å². The summed E-state index contributed by atoms with van der Waals surface area (Å²) in [5.74, 6) is 0.185. The van der Waals surface area contributed by atoms with Crippen molar-refractivity contribution in [1.82, 2.24) is 15.5 Å². The molecule has 6 nitrogen and oxygen atoms in total. The first kappa shape index (κ1) is 19.0. The van der Waals surface area contributed by atoms with Gasteiger partial charge < -0.3 is 20.3 Å². The monoisotopic (exact) mass is 379 g/mol. The van der Waals surface area contributed by atoms with Crippen molar-refractivity contribution in [1.29, 1.82) is 0 Å².